The highest BCUT2D eigenvalue weighted by molar-refractivity contribution is 6.35. The number of hydrogen-bond donors (Lipinski definition) is 1. The van der Waals surface area contributed by atoms with E-state index in [1.54, 1.807) is 6.08 Å². The first-order chi connectivity index (χ1) is 13.6. The molecule has 0 aliphatic carbocycles. The van der Waals surface area contributed by atoms with Crippen molar-refractivity contribution < 1.29 is 18.0 Å². The van der Waals surface area contributed by atoms with Gasteiger partial charge in [-0.1, -0.05) is 23.8 Å². The second-order valence-electron chi connectivity index (χ2n) is 7.27. The van der Waals surface area contributed by atoms with E-state index in [0.717, 1.165) is 40.3 Å². The first-order valence-corrected chi connectivity index (χ1v) is 9.16. The van der Waals surface area contributed by atoms with Crippen molar-refractivity contribution in [1.82, 2.24) is 4.57 Å². The van der Waals surface area contributed by atoms with Crippen molar-refractivity contribution in [3.8, 4) is 5.69 Å². The number of amides is 1. The molecule has 29 heavy (non-hydrogen) atoms. The highest BCUT2D eigenvalue weighted by atomic mass is 19.4. The first kappa shape index (κ1) is 19.1. The molecule has 148 valence electrons. The largest absolute Gasteiger partial charge is 0.416 e. The van der Waals surface area contributed by atoms with Crippen LogP contribution < -0.4 is 5.32 Å². The number of nitrogens with zero attached hydrogens (tertiary/aromatic N) is 1. The predicted molar refractivity (Wildman–Crippen MR) is 108 cm³/mol. The van der Waals surface area contributed by atoms with E-state index in [9.17, 15) is 18.0 Å². The van der Waals surface area contributed by atoms with Crippen LogP contribution in [-0.4, -0.2) is 10.5 Å². The van der Waals surface area contributed by atoms with Crippen molar-refractivity contribution in [1.29, 1.82) is 0 Å². The number of fused-ring (bicyclic) bond motifs is 1. The van der Waals surface area contributed by atoms with Crippen molar-refractivity contribution in [2.75, 3.05) is 5.32 Å². The fourth-order valence-electron chi connectivity index (χ4n) is 3.69. The Labute approximate surface area is 166 Å². The summed E-state index contributed by atoms with van der Waals surface area (Å²) in [6, 6.07) is 13.4. The number of halogens is 3. The number of carbonyl (C=O) groups excluding carboxylic acids is 1. The van der Waals surface area contributed by atoms with Gasteiger partial charge in [-0.05, 0) is 62.7 Å². The van der Waals surface area contributed by atoms with Crippen molar-refractivity contribution in [3.05, 3.63) is 82.2 Å². The van der Waals surface area contributed by atoms with Gasteiger partial charge in [0.1, 0.15) is 0 Å². The molecular weight excluding hydrogens is 377 g/mol. The molecule has 6 heteroatoms. The molecule has 0 bridgehead atoms. The number of hydrogen-bond acceptors (Lipinski definition) is 1. The predicted octanol–water partition coefficient (Wildman–Crippen LogP) is 5.91. The normalized spacial score (nSPS) is 15.0. The molecule has 0 radical (unpaired) electrons. The van der Waals surface area contributed by atoms with Gasteiger partial charge in [0.2, 0.25) is 0 Å². The monoisotopic (exact) mass is 396 g/mol. The van der Waals surface area contributed by atoms with Gasteiger partial charge in [0.05, 0.1) is 5.56 Å². The molecule has 1 aromatic heterocycles. The van der Waals surface area contributed by atoms with Crippen LogP contribution in [0, 0.1) is 20.8 Å². The summed E-state index contributed by atoms with van der Waals surface area (Å²) >= 11 is 0. The van der Waals surface area contributed by atoms with Crippen molar-refractivity contribution in [2.24, 2.45) is 0 Å². The maximum Gasteiger partial charge on any atom is 0.416 e. The summed E-state index contributed by atoms with van der Waals surface area (Å²) in [6.07, 6.45) is -2.72. The Hall–Kier alpha value is -3.28. The third-order valence-corrected chi connectivity index (χ3v) is 5.19. The third-order valence-electron chi connectivity index (χ3n) is 5.19. The van der Waals surface area contributed by atoms with Gasteiger partial charge >= 0.3 is 6.18 Å². The Balaban J connectivity index is 1.78. The fourth-order valence-corrected chi connectivity index (χ4v) is 3.69. The molecule has 0 saturated heterocycles. The van der Waals surface area contributed by atoms with Crippen LogP contribution in [0.15, 0.2) is 48.5 Å². The van der Waals surface area contributed by atoms with E-state index in [2.05, 4.69) is 9.88 Å². The molecule has 1 aliphatic heterocycles. The van der Waals surface area contributed by atoms with Gasteiger partial charge in [-0.3, -0.25) is 4.79 Å². The summed E-state index contributed by atoms with van der Waals surface area (Å²) in [6.45, 7) is 5.96. The quantitative estimate of drug-likeness (QED) is 0.537. The van der Waals surface area contributed by atoms with E-state index in [1.165, 1.54) is 6.07 Å². The van der Waals surface area contributed by atoms with Crippen LogP contribution in [0.5, 0.6) is 0 Å². The van der Waals surface area contributed by atoms with Crippen LogP contribution in [0.4, 0.5) is 18.9 Å². The summed E-state index contributed by atoms with van der Waals surface area (Å²) < 4.78 is 41.0. The van der Waals surface area contributed by atoms with Gasteiger partial charge < -0.3 is 9.88 Å². The van der Waals surface area contributed by atoms with E-state index in [4.69, 9.17) is 0 Å². The number of rotatable bonds is 2. The molecule has 4 rings (SSSR count). The molecule has 3 aromatic rings. The van der Waals surface area contributed by atoms with Crippen LogP contribution in [0.2, 0.25) is 0 Å². The molecular formula is C23H19F3N2O. The zero-order chi connectivity index (χ0) is 20.9. The minimum atomic E-state index is -4.45. The van der Waals surface area contributed by atoms with E-state index in [-0.39, 0.29) is 5.69 Å². The molecule has 0 fully saturated rings. The Morgan fingerprint density at radius 1 is 0.966 bits per heavy atom. The van der Waals surface area contributed by atoms with Crippen molar-refractivity contribution >= 4 is 23.2 Å². The lowest BCUT2D eigenvalue weighted by atomic mass is 10.0. The molecule has 1 N–H and O–H groups in total. The standard InChI is InChI=1S/C23H19F3N2O/c1-13-4-7-18(8-5-13)28-14(2)10-16(15(28)3)11-20-19-9-6-17(23(24,25)26)12-21(19)27-22(20)29/h4-12H,1-3H3,(H,27,29)/b20-11-. The number of anilines is 1. The van der Waals surface area contributed by atoms with Crippen LogP contribution >= 0.6 is 0 Å². The second-order valence-corrected chi connectivity index (χ2v) is 7.27. The molecule has 0 atom stereocenters. The average molecular weight is 396 g/mol. The lowest BCUT2D eigenvalue weighted by Gasteiger charge is -2.10. The SMILES string of the molecule is Cc1ccc(-n2c(C)cc(/C=C3\C(=O)Nc4cc(C(F)(F)F)ccc43)c2C)cc1. The van der Waals surface area contributed by atoms with E-state index in [1.807, 2.05) is 51.1 Å². The van der Waals surface area contributed by atoms with E-state index in [0.29, 0.717) is 11.1 Å². The van der Waals surface area contributed by atoms with Crippen LogP contribution in [-0.2, 0) is 11.0 Å². The summed E-state index contributed by atoms with van der Waals surface area (Å²) in [5.74, 6) is -0.403. The van der Waals surface area contributed by atoms with Gasteiger partial charge in [0, 0.05) is 33.9 Å². The van der Waals surface area contributed by atoms with Gasteiger partial charge in [0.25, 0.3) is 5.91 Å². The molecule has 0 unspecified atom stereocenters. The van der Waals surface area contributed by atoms with Gasteiger partial charge in [-0.15, -0.1) is 0 Å². The number of alkyl halides is 3. The van der Waals surface area contributed by atoms with Crippen LogP contribution in [0.3, 0.4) is 0 Å². The number of benzene rings is 2. The molecule has 0 saturated carbocycles. The number of carbonyl (C=O) groups is 1. The topological polar surface area (TPSA) is 34.0 Å². The van der Waals surface area contributed by atoms with E-state index >= 15 is 0 Å². The highest BCUT2D eigenvalue weighted by Gasteiger charge is 2.33. The zero-order valence-corrected chi connectivity index (χ0v) is 16.2. The molecule has 0 spiro atoms. The average Bonchev–Trinajstić information content (AvgIpc) is 3.11. The molecule has 1 amide bonds. The summed E-state index contributed by atoms with van der Waals surface area (Å²) in [7, 11) is 0. The summed E-state index contributed by atoms with van der Waals surface area (Å²) in [5.41, 5.74) is 5.22. The van der Waals surface area contributed by atoms with Gasteiger partial charge in [0.15, 0.2) is 0 Å². The van der Waals surface area contributed by atoms with Crippen molar-refractivity contribution in [3.63, 3.8) is 0 Å². The van der Waals surface area contributed by atoms with Crippen LogP contribution in [0.1, 0.15) is 33.6 Å². The Kier molecular flexibility index (Phi) is 4.37. The minimum Gasteiger partial charge on any atom is -0.321 e. The lowest BCUT2D eigenvalue weighted by molar-refractivity contribution is -0.137. The lowest BCUT2D eigenvalue weighted by Crippen LogP contribution is -2.06. The highest BCUT2D eigenvalue weighted by Crippen LogP contribution is 2.38. The number of nitrogens with one attached hydrogen (secondary N) is 1. The fraction of sp³-hybridized carbons (Fsp3) is 0.174. The zero-order valence-electron chi connectivity index (χ0n) is 16.2. The number of aryl methyl sites for hydroxylation is 2. The molecule has 2 heterocycles. The maximum atomic E-state index is 13.0. The second kappa shape index (κ2) is 6.65. The van der Waals surface area contributed by atoms with Crippen molar-refractivity contribution in [2.45, 2.75) is 26.9 Å². The third kappa shape index (κ3) is 3.35. The molecule has 3 nitrogen and oxygen atoms in total. The first-order valence-electron chi connectivity index (χ1n) is 9.16. The number of aromatic nitrogens is 1. The van der Waals surface area contributed by atoms with E-state index < -0.39 is 17.6 Å². The molecule has 1 aliphatic rings. The van der Waals surface area contributed by atoms with Gasteiger partial charge in [-0.25, -0.2) is 0 Å². The van der Waals surface area contributed by atoms with Gasteiger partial charge in [-0.2, -0.15) is 13.2 Å². The smallest absolute Gasteiger partial charge is 0.321 e. The van der Waals surface area contributed by atoms with Crippen LogP contribution in [0.25, 0.3) is 17.3 Å². The Bertz CT molecular complexity index is 1150. The maximum absolute atomic E-state index is 13.0. The Morgan fingerprint density at radius 2 is 1.66 bits per heavy atom. The Morgan fingerprint density at radius 3 is 2.31 bits per heavy atom. The molecule has 2 aromatic carbocycles. The summed E-state index contributed by atoms with van der Waals surface area (Å²) in [4.78, 5) is 12.4. The summed E-state index contributed by atoms with van der Waals surface area (Å²) in [5, 5.41) is 2.54. The minimum absolute atomic E-state index is 0.184.